The van der Waals surface area contributed by atoms with Crippen LogP contribution in [0.1, 0.15) is 5.56 Å². The van der Waals surface area contributed by atoms with Gasteiger partial charge in [0.25, 0.3) is 0 Å². The maximum absolute atomic E-state index is 5.86. The summed E-state index contributed by atoms with van der Waals surface area (Å²) in [5.41, 5.74) is 21.4. The van der Waals surface area contributed by atoms with Gasteiger partial charge in [-0.05, 0) is 35.9 Å². The Balaban J connectivity index is 2.12. The van der Waals surface area contributed by atoms with Gasteiger partial charge in [0.15, 0.2) is 0 Å². The van der Waals surface area contributed by atoms with E-state index >= 15 is 0 Å². The summed E-state index contributed by atoms with van der Waals surface area (Å²) in [4.78, 5) is 0. The van der Waals surface area contributed by atoms with Gasteiger partial charge in [0.05, 0.1) is 11.4 Å². The summed E-state index contributed by atoms with van der Waals surface area (Å²) in [5.74, 6) is 0. The van der Waals surface area contributed by atoms with Crippen molar-refractivity contribution in [1.82, 2.24) is 0 Å². The van der Waals surface area contributed by atoms with E-state index < -0.39 is 0 Å². The largest absolute Gasteiger partial charge is 0.399 e. The highest BCUT2D eigenvalue weighted by Crippen LogP contribution is 2.20. The van der Waals surface area contributed by atoms with Crippen molar-refractivity contribution in [2.24, 2.45) is 0 Å². The molecule has 88 valence electrons. The first-order chi connectivity index (χ1) is 8.16. The molecule has 4 nitrogen and oxygen atoms in total. The highest BCUT2D eigenvalue weighted by atomic mass is 14.9. The molecule has 17 heavy (non-hydrogen) atoms. The average Bonchev–Trinajstić information content (AvgIpc) is 2.32. The van der Waals surface area contributed by atoms with Gasteiger partial charge in [-0.1, -0.05) is 12.1 Å². The summed E-state index contributed by atoms with van der Waals surface area (Å²) in [7, 11) is 0. The van der Waals surface area contributed by atoms with E-state index in [9.17, 15) is 0 Å². The molecule has 0 fully saturated rings. The molecular formula is C13H16N4. The first kappa shape index (κ1) is 11.1. The molecule has 0 bridgehead atoms. The number of anilines is 4. The predicted octanol–water partition coefficient (Wildman–Crippen LogP) is 2.05. The maximum atomic E-state index is 5.86. The number of nitrogens with one attached hydrogen (secondary N) is 1. The van der Waals surface area contributed by atoms with E-state index in [1.807, 2.05) is 30.3 Å². The average molecular weight is 228 g/mol. The van der Waals surface area contributed by atoms with Crippen LogP contribution in [0.3, 0.4) is 0 Å². The molecule has 0 unspecified atom stereocenters. The zero-order valence-corrected chi connectivity index (χ0v) is 9.48. The number of hydrogen-bond acceptors (Lipinski definition) is 4. The summed E-state index contributed by atoms with van der Waals surface area (Å²) in [5, 5.41) is 3.24. The molecular weight excluding hydrogens is 212 g/mol. The van der Waals surface area contributed by atoms with Crippen LogP contribution in [0.4, 0.5) is 22.7 Å². The Hall–Kier alpha value is -2.36. The molecule has 0 heterocycles. The summed E-state index contributed by atoms with van der Waals surface area (Å²) in [6.45, 7) is 0.602. The monoisotopic (exact) mass is 228 g/mol. The number of nitrogens with two attached hydrogens (primary N) is 3. The van der Waals surface area contributed by atoms with Gasteiger partial charge in [0, 0.05) is 17.9 Å². The molecule has 2 aromatic carbocycles. The highest BCUT2D eigenvalue weighted by molar-refractivity contribution is 5.66. The lowest BCUT2D eigenvalue weighted by Gasteiger charge is -2.11. The van der Waals surface area contributed by atoms with Crippen molar-refractivity contribution in [3.8, 4) is 0 Å². The van der Waals surface area contributed by atoms with Crippen LogP contribution in [0, 0.1) is 0 Å². The van der Waals surface area contributed by atoms with E-state index in [1.54, 1.807) is 12.1 Å². The highest BCUT2D eigenvalue weighted by Gasteiger charge is 2.01. The summed E-state index contributed by atoms with van der Waals surface area (Å²) in [6.07, 6.45) is 0. The van der Waals surface area contributed by atoms with Crippen molar-refractivity contribution in [1.29, 1.82) is 0 Å². The van der Waals surface area contributed by atoms with Crippen LogP contribution >= 0.6 is 0 Å². The number of benzene rings is 2. The first-order valence-electron chi connectivity index (χ1n) is 5.39. The van der Waals surface area contributed by atoms with E-state index in [4.69, 9.17) is 17.2 Å². The standard InChI is InChI=1S/C13H16N4/c14-10-5-6-11(15)9(7-10)8-17-13-4-2-1-3-12(13)16/h1-7,17H,8,14-16H2. The Morgan fingerprint density at radius 1 is 0.882 bits per heavy atom. The van der Waals surface area contributed by atoms with Gasteiger partial charge in [0.2, 0.25) is 0 Å². The molecule has 0 aliphatic carbocycles. The molecule has 0 aromatic heterocycles. The lowest BCUT2D eigenvalue weighted by atomic mass is 10.1. The number of para-hydroxylation sites is 2. The van der Waals surface area contributed by atoms with Crippen molar-refractivity contribution < 1.29 is 0 Å². The molecule has 0 saturated heterocycles. The van der Waals surface area contributed by atoms with Crippen LogP contribution in [-0.2, 0) is 6.54 Å². The van der Waals surface area contributed by atoms with Gasteiger partial charge < -0.3 is 22.5 Å². The van der Waals surface area contributed by atoms with Crippen molar-refractivity contribution >= 4 is 22.7 Å². The smallest absolute Gasteiger partial charge is 0.0576 e. The van der Waals surface area contributed by atoms with Crippen LogP contribution in [0.5, 0.6) is 0 Å². The van der Waals surface area contributed by atoms with Gasteiger partial charge in [-0.15, -0.1) is 0 Å². The summed E-state index contributed by atoms with van der Waals surface area (Å²) in [6, 6.07) is 13.1. The van der Waals surface area contributed by atoms with Gasteiger partial charge >= 0.3 is 0 Å². The number of rotatable bonds is 3. The SMILES string of the molecule is Nc1ccc(N)c(CNc2ccccc2N)c1. The lowest BCUT2D eigenvalue weighted by Crippen LogP contribution is -2.05. The fraction of sp³-hybridized carbons (Fsp3) is 0.0769. The van der Waals surface area contributed by atoms with E-state index in [1.165, 1.54) is 0 Å². The lowest BCUT2D eigenvalue weighted by molar-refractivity contribution is 1.16. The molecule has 0 amide bonds. The van der Waals surface area contributed by atoms with E-state index in [-0.39, 0.29) is 0 Å². The maximum Gasteiger partial charge on any atom is 0.0576 e. The quantitative estimate of drug-likeness (QED) is 0.605. The minimum Gasteiger partial charge on any atom is -0.399 e. The third-order valence-electron chi connectivity index (χ3n) is 2.60. The Labute approximate surface area is 100 Å². The van der Waals surface area contributed by atoms with Crippen molar-refractivity contribution in [2.45, 2.75) is 6.54 Å². The normalized spacial score (nSPS) is 10.1. The second-order valence-corrected chi connectivity index (χ2v) is 3.90. The van der Waals surface area contributed by atoms with Gasteiger partial charge in [0.1, 0.15) is 0 Å². The van der Waals surface area contributed by atoms with E-state index in [2.05, 4.69) is 5.32 Å². The van der Waals surface area contributed by atoms with Crippen molar-refractivity contribution in [2.75, 3.05) is 22.5 Å². The second-order valence-electron chi connectivity index (χ2n) is 3.90. The fourth-order valence-corrected chi connectivity index (χ4v) is 1.63. The van der Waals surface area contributed by atoms with Crippen LogP contribution in [-0.4, -0.2) is 0 Å². The fourth-order valence-electron chi connectivity index (χ4n) is 1.63. The Bertz CT molecular complexity index is 523. The Morgan fingerprint density at radius 3 is 2.41 bits per heavy atom. The Morgan fingerprint density at radius 2 is 1.65 bits per heavy atom. The second kappa shape index (κ2) is 4.65. The molecule has 2 aromatic rings. The van der Waals surface area contributed by atoms with Crippen molar-refractivity contribution in [3.63, 3.8) is 0 Å². The zero-order chi connectivity index (χ0) is 12.3. The third-order valence-corrected chi connectivity index (χ3v) is 2.60. The summed E-state index contributed by atoms with van der Waals surface area (Å²) < 4.78 is 0. The van der Waals surface area contributed by atoms with Crippen LogP contribution in [0.25, 0.3) is 0 Å². The molecule has 0 aliphatic rings. The predicted molar refractivity (Wildman–Crippen MR) is 73.4 cm³/mol. The number of nitrogen functional groups attached to an aromatic ring is 3. The minimum atomic E-state index is 0.602. The van der Waals surface area contributed by atoms with Gasteiger partial charge in [-0.3, -0.25) is 0 Å². The summed E-state index contributed by atoms with van der Waals surface area (Å²) >= 11 is 0. The molecule has 0 saturated carbocycles. The van der Waals surface area contributed by atoms with Crippen LogP contribution in [0.2, 0.25) is 0 Å². The molecule has 0 aliphatic heterocycles. The van der Waals surface area contributed by atoms with Crippen molar-refractivity contribution in [3.05, 3.63) is 48.0 Å². The number of hydrogen-bond donors (Lipinski definition) is 4. The molecule has 2 rings (SSSR count). The van der Waals surface area contributed by atoms with Crippen LogP contribution < -0.4 is 22.5 Å². The minimum absolute atomic E-state index is 0.602. The van der Waals surface area contributed by atoms with E-state index in [0.29, 0.717) is 12.2 Å². The molecule has 0 spiro atoms. The molecule has 0 atom stereocenters. The zero-order valence-electron chi connectivity index (χ0n) is 9.48. The van der Waals surface area contributed by atoms with E-state index in [0.717, 1.165) is 22.6 Å². The first-order valence-corrected chi connectivity index (χ1v) is 5.39. The molecule has 4 heteroatoms. The molecule has 7 N–H and O–H groups in total. The topological polar surface area (TPSA) is 90.1 Å². The third kappa shape index (κ3) is 2.60. The Kier molecular flexibility index (Phi) is 3.05. The van der Waals surface area contributed by atoms with Gasteiger partial charge in [-0.25, -0.2) is 0 Å². The van der Waals surface area contributed by atoms with Gasteiger partial charge in [-0.2, -0.15) is 0 Å². The molecule has 0 radical (unpaired) electrons. The van der Waals surface area contributed by atoms with Crippen LogP contribution in [0.15, 0.2) is 42.5 Å².